The molecule has 3 aromatic carbocycles. The number of hydrogen-bond donors (Lipinski definition) is 1. The molecule has 1 N–H and O–H groups in total. The number of carbonyl (C=O) groups is 2. The van der Waals surface area contributed by atoms with Crippen molar-refractivity contribution in [2.24, 2.45) is 5.92 Å². The third-order valence-electron chi connectivity index (χ3n) is 6.07. The van der Waals surface area contributed by atoms with Gasteiger partial charge in [-0.25, -0.2) is 0 Å². The fourth-order valence-corrected chi connectivity index (χ4v) is 4.43. The molecule has 1 aliphatic heterocycles. The van der Waals surface area contributed by atoms with Gasteiger partial charge in [-0.05, 0) is 61.7 Å². The van der Waals surface area contributed by atoms with Crippen LogP contribution in [0.3, 0.4) is 0 Å². The summed E-state index contributed by atoms with van der Waals surface area (Å²) in [6, 6.07) is 22.8. The lowest BCUT2D eigenvalue weighted by Gasteiger charge is -2.41. The Kier molecular flexibility index (Phi) is 6.26. The van der Waals surface area contributed by atoms with Crippen molar-refractivity contribution in [1.29, 1.82) is 0 Å². The van der Waals surface area contributed by atoms with Crippen molar-refractivity contribution in [2.45, 2.75) is 32.7 Å². The molecule has 32 heavy (non-hydrogen) atoms. The Morgan fingerprint density at radius 1 is 1.00 bits per heavy atom. The average Bonchev–Trinajstić information content (AvgIpc) is 2.81. The van der Waals surface area contributed by atoms with Crippen LogP contribution in [-0.4, -0.2) is 18.9 Å². The first kappa shape index (κ1) is 21.6. The van der Waals surface area contributed by atoms with E-state index in [0.717, 1.165) is 33.8 Å². The van der Waals surface area contributed by atoms with Gasteiger partial charge < -0.3 is 15.0 Å². The lowest BCUT2D eigenvalue weighted by Crippen LogP contribution is -2.47. The minimum Gasteiger partial charge on any atom is -0.497 e. The summed E-state index contributed by atoms with van der Waals surface area (Å²) in [7, 11) is 1.61. The van der Waals surface area contributed by atoms with Gasteiger partial charge in [0, 0.05) is 17.8 Å². The molecule has 0 radical (unpaired) electrons. The number of benzene rings is 3. The fraction of sp³-hybridized carbons (Fsp3) is 0.259. The third kappa shape index (κ3) is 4.37. The first-order chi connectivity index (χ1) is 15.5. The summed E-state index contributed by atoms with van der Waals surface area (Å²) in [5, 5.41) is 3.12. The number of hydrogen-bond acceptors (Lipinski definition) is 3. The fourth-order valence-electron chi connectivity index (χ4n) is 4.43. The SMILES string of the molecule is COc1ccc(N2C(=O)CCC(C(=O)Nc3ccc(C)cc3C)C2c2ccccc2)cc1. The number of ether oxygens (including phenoxy) is 1. The smallest absolute Gasteiger partial charge is 0.229 e. The van der Waals surface area contributed by atoms with Gasteiger partial charge in [-0.15, -0.1) is 0 Å². The zero-order chi connectivity index (χ0) is 22.7. The second-order valence-corrected chi connectivity index (χ2v) is 8.27. The molecule has 0 bridgehead atoms. The molecule has 2 amide bonds. The highest BCUT2D eigenvalue weighted by molar-refractivity contribution is 6.00. The van der Waals surface area contributed by atoms with E-state index in [0.29, 0.717) is 12.8 Å². The highest BCUT2D eigenvalue weighted by Gasteiger charge is 2.41. The van der Waals surface area contributed by atoms with E-state index in [-0.39, 0.29) is 17.7 Å². The maximum Gasteiger partial charge on any atom is 0.229 e. The summed E-state index contributed by atoms with van der Waals surface area (Å²) in [4.78, 5) is 28.4. The molecular formula is C27H28N2O3. The maximum atomic E-state index is 13.5. The van der Waals surface area contributed by atoms with Crippen LogP contribution >= 0.6 is 0 Å². The highest BCUT2D eigenvalue weighted by atomic mass is 16.5. The summed E-state index contributed by atoms with van der Waals surface area (Å²) < 4.78 is 5.27. The molecule has 1 heterocycles. The zero-order valence-electron chi connectivity index (χ0n) is 18.7. The van der Waals surface area contributed by atoms with Gasteiger partial charge in [-0.3, -0.25) is 9.59 Å². The Morgan fingerprint density at radius 2 is 1.72 bits per heavy atom. The maximum absolute atomic E-state index is 13.5. The molecule has 0 aromatic heterocycles. The van der Waals surface area contributed by atoms with Crippen molar-refractivity contribution in [2.75, 3.05) is 17.3 Å². The van der Waals surface area contributed by atoms with E-state index in [1.807, 2.05) is 80.6 Å². The summed E-state index contributed by atoms with van der Waals surface area (Å²) in [5.74, 6) is 0.285. The molecular weight excluding hydrogens is 400 g/mol. The largest absolute Gasteiger partial charge is 0.497 e. The lowest BCUT2D eigenvalue weighted by molar-refractivity contribution is -0.125. The van der Waals surface area contributed by atoms with E-state index in [1.54, 1.807) is 12.0 Å². The normalized spacial score (nSPS) is 18.3. The Labute approximate surface area is 189 Å². The van der Waals surface area contributed by atoms with Crippen LogP contribution in [0.1, 0.15) is 35.6 Å². The topological polar surface area (TPSA) is 58.6 Å². The van der Waals surface area contributed by atoms with E-state index in [2.05, 4.69) is 11.4 Å². The van der Waals surface area contributed by atoms with Crippen LogP contribution in [0.25, 0.3) is 0 Å². The molecule has 3 aromatic rings. The Balaban J connectivity index is 1.71. The van der Waals surface area contributed by atoms with E-state index >= 15 is 0 Å². The molecule has 2 atom stereocenters. The van der Waals surface area contributed by atoms with Gasteiger partial charge in [0.1, 0.15) is 5.75 Å². The highest BCUT2D eigenvalue weighted by Crippen LogP contribution is 2.41. The first-order valence-electron chi connectivity index (χ1n) is 10.9. The molecule has 5 heteroatoms. The molecule has 0 spiro atoms. The Hall–Kier alpha value is -3.60. The van der Waals surface area contributed by atoms with E-state index in [9.17, 15) is 9.59 Å². The number of piperidine rings is 1. The van der Waals surface area contributed by atoms with Crippen molar-refractivity contribution in [3.63, 3.8) is 0 Å². The minimum atomic E-state index is -0.392. The molecule has 0 aliphatic carbocycles. The van der Waals surface area contributed by atoms with Crippen molar-refractivity contribution < 1.29 is 14.3 Å². The number of rotatable bonds is 5. The zero-order valence-corrected chi connectivity index (χ0v) is 18.7. The van der Waals surface area contributed by atoms with Crippen LogP contribution in [0.4, 0.5) is 11.4 Å². The van der Waals surface area contributed by atoms with Crippen LogP contribution < -0.4 is 15.0 Å². The van der Waals surface area contributed by atoms with E-state index in [1.165, 1.54) is 0 Å². The average molecular weight is 429 g/mol. The van der Waals surface area contributed by atoms with Crippen LogP contribution in [0.5, 0.6) is 5.75 Å². The van der Waals surface area contributed by atoms with Gasteiger partial charge in [0.15, 0.2) is 0 Å². The first-order valence-corrected chi connectivity index (χ1v) is 10.9. The molecule has 5 nitrogen and oxygen atoms in total. The molecule has 1 saturated heterocycles. The second-order valence-electron chi connectivity index (χ2n) is 8.27. The van der Waals surface area contributed by atoms with Gasteiger partial charge in [-0.2, -0.15) is 0 Å². The Morgan fingerprint density at radius 3 is 2.38 bits per heavy atom. The standard InChI is InChI=1S/C27H28N2O3/c1-18-9-15-24(19(2)17-18)28-27(31)23-14-16-25(30)29(21-10-12-22(32-3)13-11-21)26(23)20-7-5-4-6-8-20/h4-13,15,17,23,26H,14,16H2,1-3H3,(H,28,31). The quantitative estimate of drug-likeness (QED) is 0.589. The number of anilines is 2. The van der Waals surface area contributed by atoms with Gasteiger partial charge in [0.25, 0.3) is 0 Å². The second kappa shape index (κ2) is 9.27. The van der Waals surface area contributed by atoms with E-state index in [4.69, 9.17) is 4.74 Å². The van der Waals surface area contributed by atoms with Crippen molar-refractivity contribution in [3.05, 3.63) is 89.5 Å². The van der Waals surface area contributed by atoms with Crippen LogP contribution in [0.2, 0.25) is 0 Å². The summed E-state index contributed by atoms with van der Waals surface area (Å²) >= 11 is 0. The number of amides is 2. The number of methoxy groups -OCH3 is 1. The van der Waals surface area contributed by atoms with E-state index < -0.39 is 6.04 Å². The van der Waals surface area contributed by atoms with Crippen LogP contribution in [0.15, 0.2) is 72.8 Å². The van der Waals surface area contributed by atoms with Crippen molar-refractivity contribution in [3.8, 4) is 5.75 Å². The predicted octanol–water partition coefficient (Wildman–Crippen LogP) is 5.44. The van der Waals surface area contributed by atoms with Gasteiger partial charge in [-0.1, -0.05) is 48.0 Å². The summed E-state index contributed by atoms with van der Waals surface area (Å²) in [5.41, 5.74) is 4.68. The molecule has 0 saturated carbocycles. The van der Waals surface area contributed by atoms with Gasteiger partial charge in [0.2, 0.25) is 11.8 Å². The number of carbonyl (C=O) groups excluding carboxylic acids is 2. The minimum absolute atomic E-state index is 0.0135. The van der Waals surface area contributed by atoms with Crippen molar-refractivity contribution in [1.82, 2.24) is 0 Å². The summed E-state index contributed by atoms with van der Waals surface area (Å²) in [6.07, 6.45) is 0.822. The predicted molar refractivity (Wildman–Crippen MR) is 127 cm³/mol. The number of aryl methyl sites for hydroxylation is 2. The van der Waals surface area contributed by atoms with Gasteiger partial charge in [0.05, 0.1) is 19.1 Å². The number of nitrogens with zero attached hydrogens (tertiary/aromatic N) is 1. The van der Waals surface area contributed by atoms with Crippen molar-refractivity contribution >= 4 is 23.2 Å². The molecule has 164 valence electrons. The lowest BCUT2D eigenvalue weighted by atomic mass is 9.83. The van der Waals surface area contributed by atoms with Crippen LogP contribution in [0, 0.1) is 19.8 Å². The number of nitrogens with one attached hydrogen (secondary N) is 1. The third-order valence-corrected chi connectivity index (χ3v) is 6.07. The molecule has 2 unspecified atom stereocenters. The van der Waals surface area contributed by atoms with Crippen LogP contribution in [-0.2, 0) is 9.59 Å². The molecule has 1 aliphatic rings. The molecule has 1 fully saturated rings. The summed E-state index contributed by atoms with van der Waals surface area (Å²) in [6.45, 7) is 4.02. The van der Waals surface area contributed by atoms with Gasteiger partial charge >= 0.3 is 0 Å². The monoisotopic (exact) mass is 428 g/mol. The Bertz CT molecular complexity index is 1110. The molecule has 4 rings (SSSR count).